The minimum absolute atomic E-state index is 0.415. The van der Waals surface area contributed by atoms with Gasteiger partial charge < -0.3 is 10.1 Å². The molecule has 0 bridgehead atoms. The highest BCUT2D eigenvalue weighted by atomic mass is 16.5. The SMILES string of the molecule is CCC/C(C(CC)=NC)=C(\CC)N=CCOCC1(CCNC)CCC1. The van der Waals surface area contributed by atoms with Gasteiger partial charge in [-0.15, -0.1) is 0 Å². The Hall–Kier alpha value is -1.00. The normalized spacial score (nSPS) is 18.4. The van der Waals surface area contributed by atoms with Crippen LogP contribution in [0.2, 0.25) is 0 Å². The first kappa shape index (κ1) is 22.0. The number of rotatable bonds is 13. The summed E-state index contributed by atoms with van der Waals surface area (Å²) in [6.07, 6.45) is 11.2. The highest BCUT2D eigenvalue weighted by Crippen LogP contribution is 2.43. The van der Waals surface area contributed by atoms with Crippen LogP contribution in [0.25, 0.3) is 0 Å². The van der Waals surface area contributed by atoms with Crippen LogP contribution in [0.15, 0.2) is 21.3 Å². The van der Waals surface area contributed by atoms with Gasteiger partial charge in [-0.25, -0.2) is 0 Å². The highest BCUT2D eigenvalue weighted by molar-refractivity contribution is 6.00. The van der Waals surface area contributed by atoms with Gasteiger partial charge in [0.05, 0.1) is 13.2 Å². The quantitative estimate of drug-likeness (QED) is 0.383. The van der Waals surface area contributed by atoms with Crippen LogP contribution >= 0.6 is 0 Å². The van der Waals surface area contributed by atoms with Crippen LogP contribution in [0.3, 0.4) is 0 Å². The van der Waals surface area contributed by atoms with Crippen molar-refractivity contribution in [3.63, 3.8) is 0 Å². The molecule has 0 spiro atoms. The predicted octanol–water partition coefficient (Wildman–Crippen LogP) is 4.80. The maximum absolute atomic E-state index is 5.96. The van der Waals surface area contributed by atoms with Crippen molar-refractivity contribution in [3.05, 3.63) is 11.3 Å². The fourth-order valence-electron chi connectivity index (χ4n) is 3.60. The lowest BCUT2D eigenvalue weighted by Crippen LogP contribution is -2.37. The molecule has 0 saturated heterocycles. The molecule has 1 aliphatic rings. The van der Waals surface area contributed by atoms with Crippen molar-refractivity contribution < 1.29 is 4.74 Å². The molecule has 0 atom stereocenters. The summed E-state index contributed by atoms with van der Waals surface area (Å²) in [4.78, 5) is 9.21. The molecule has 0 radical (unpaired) electrons. The Morgan fingerprint density at radius 2 is 1.96 bits per heavy atom. The largest absolute Gasteiger partial charge is 0.375 e. The molecule has 0 aromatic heterocycles. The predicted molar refractivity (Wildman–Crippen MR) is 110 cm³/mol. The number of hydrogen-bond acceptors (Lipinski definition) is 4. The third kappa shape index (κ3) is 7.02. The molecule has 1 saturated carbocycles. The second-order valence-corrected chi connectivity index (χ2v) is 7.09. The van der Waals surface area contributed by atoms with E-state index in [0.29, 0.717) is 12.0 Å². The van der Waals surface area contributed by atoms with Gasteiger partial charge in [0.1, 0.15) is 0 Å². The Morgan fingerprint density at radius 1 is 1.20 bits per heavy atom. The van der Waals surface area contributed by atoms with Crippen LogP contribution in [-0.4, -0.2) is 45.8 Å². The van der Waals surface area contributed by atoms with Crippen LogP contribution in [0.4, 0.5) is 0 Å². The van der Waals surface area contributed by atoms with Crippen LogP contribution in [-0.2, 0) is 4.74 Å². The zero-order valence-corrected chi connectivity index (χ0v) is 17.2. The topological polar surface area (TPSA) is 46.0 Å². The number of aliphatic imine (C=N–C) groups is 2. The van der Waals surface area contributed by atoms with Crippen LogP contribution in [0.1, 0.15) is 72.1 Å². The van der Waals surface area contributed by atoms with Gasteiger partial charge in [0, 0.05) is 24.7 Å². The summed E-state index contributed by atoms with van der Waals surface area (Å²) < 4.78 is 5.96. The van der Waals surface area contributed by atoms with Crippen molar-refractivity contribution in [1.82, 2.24) is 5.32 Å². The number of allylic oxidation sites excluding steroid dienone is 2. The molecule has 1 rings (SSSR count). The van der Waals surface area contributed by atoms with E-state index >= 15 is 0 Å². The molecule has 144 valence electrons. The molecule has 4 nitrogen and oxygen atoms in total. The summed E-state index contributed by atoms with van der Waals surface area (Å²) in [6.45, 7) is 9.11. The van der Waals surface area contributed by atoms with Crippen LogP contribution in [0, 0.1) is 5.41 Å². The molecule has 0 aromatic carbocycles. The summed E-state index contributed by atoms with van der Waals surface area (Å²) in [5.74, 6) is 0. The van der Waals surface area contributed by atoms with E-state index in [4.69, 9.17) is 9.73 Å². The Labute approximate surface area is 155 Å². The van der Waals surface area contributed by atoms with Crippen molar-refractivity contribution in [2.75, 3.05) is 33.9 Å². The van der Waals surface area contributed by atoms with E-state index < -0.39 is 0 Å². The second-order valence-electron chi connectivity index (χ2n) is 7.09. The zero-order valence-electron chi connectivity index (χ0n) is 17.2. The lowest BCUT2D eigenvalue weighted by Gasteiger charge is -2.41. The molecule has 4 heteroatoms. The van der Waals surface area contributed by atoms with E-state index in [0.717, 1.165) is 38.8 Å². The van der Waals surface area contributed by atoms with Crippen LogP contribution < -0.4 is 5.32 Å². The molecule has 0 aliphatic heterocycles. The van der Waals surface area contributed by atoms with Crippen molar-refractivity contribution in [1.29, 1.82) is 0 Å². The van der Waals surface area contributed by atoms with Crippen molar-refractivity contribution >= 4 is 11.9 Å². The molecule has 1 fully saturated rings. The maximum Gasteiger partial charge on any atom is 0.0819 e. The molecule has 25 heavy (non-hydrogen) atoms. The van der Waals surface area contributed by atoms with Crippen molar-refractivity contribution in [2.45, 2.75) is 72.1 Å². The summed E-state index contributed by atoms with van der Waals surface area (Å²) in [7, 11) is 3.91. The van der Waals surface area contributed by atoms with Gasteiger partial charge in [-0.05, 0) is 63.1 Å². The van der Waals surface area contributed by atoms with Gasteiger partial charge in [-0.3, -0.25) is 9.98 Å². The Bertz CT molecular complexity index is 462. The molecule has 0 aromatic rings. The van der Waals surface area contributed by atoms with E-state index in [1.807, 2.05) is 20.3 Å². The first-order chi connectivity index (χ1) is 12.2. The number of ether oxygens (including phenoxy) is 1. The summed E-state index contributed by atoms with van der Waals surface area (Å²) in [6, 6.07) is 0. The highest BCUT2D eigenvalue weighted by Gasteiger charge is 2.36. The monoisotopic (exact) mass is 349 g/mol. The Morgan fingerprint density at radius 3 is 2.44 bits per heavy atom. The standard InChI is InChI=1S/C21H39N3O/c1-6-10-18(19(7-2)23-5)20(8-3)24-15-16-25-17-21(11-9-12-21)13-14-22-4/h15,22H,6-14,16-17H2,1-5H3/b20-18-,23-19?,24-15?. The summed E-state index contributed by atoms with van der Waals surface area (Å²) in [5.41, 5.74) is 4.10. The average molecular weight is 350 g/mol. The lowest BCUT2D eigenvalue weighted by atomic mass is 9.67. The van der Waals surface area contributed by atoms with Gasteiger partial charge in [-0.2, -0.15) is 0 Å². The molecule has 0 heterocycles. The van der Waals surface area contributed by atoms with E-state index in [-0.39, 0.29) is 0 Å². The van der Waals surface area contributed by atoms with E-state index in [1.54, 1.807) is 0 Å². The molecule has 1 N–H and O–H groups in total. The molecular weight excluding hydrogens is 310 g/mol. The lowest BCUT2D eigenvalue weighted by molar-refractivity contribution is 0.00261. The molecular formula is C21H39N3O. The maximum atomic E-state index is 5.96. The number of nitrogens with one attached hydrogen (secondary N) is 1. The van der Waals surface area contributed by atoms with Gasteiger partial charge in [0.2, 0.25) is 0 Å². The van der Waals surface area contributed by atoms with Gasteiger partial charge in [0.25, 0.3) is 0 Å². The molecule has 0 unspecified atom stereocenters. The smallest absolute Gasteiger partial charge is 0.0819 e. The van der Waals surface area contributed by atoms with Crippen molar-refractivity contribution in [2.24, 2.45) is 15.4 Å². The fourth-order valence-corrected chi connectivity index (χ4v) is 3.60. The Balaban J connectivity index is 2.60. The van der Waals surface area contributed by atoms with Gasteiger partial charge in [-0.1, -0.05) is 33.6 Å². The average Bonchev–Trinajstić information content (AvgIpc) is 2.60. The number of nitrogens with zero attached hydrogens (tertiary/aromatic N) is 2. The summed E-state index contributed by atoms with van der Waals surface area (Å²) >= 11 is 0. The van der Waals surface area contributed by atoms with Crippen LogP contribution in [0.5, 0.6) is 0 Å². The van der Waals surface area contributed by atoms with E-state index in [9.17, 15) is 0 Å². The zero-order chi connectivity index (χ0) is 18.5. The van der Waals surface area contributed by atoms with E-state index in [2.05, 4.69) is 31.1 Å². The third-order valence-electron chi connectivity index (χ3n) is 5.30. The van der Waals surface area contributed by atoms with Gasteiger partial charge in [0.15, 0.2) is 0 Å². The second kappa shape index (κ2) is 12.4. The third-order valence-corrected chi connectivity index (χ3v) is 5.30. The van der Waals surface area contributed by atoms with E-state index in [1.165, 1.54) is 42.7 Å². The first-order valence-electron chi connectivity index (χ1n) is 10.1. The Kier molecular flexibility index (Phi) is 10.9. The van der Waals surface area contributed by atoms with Gasteiger partial charge >= 0.3 is 0 Å². The minimum atomic E-state index is 0.415. The molecule has 0 amide bonds. The fraction of sp³-hybridized carbons (Fsp3) is 0.810. The molecule has 1 aliphatic carbocycles. The summed E-state index contributed by atoms with van der Waals surface area (Å²) in [5, 5.41) is 3.26. The minimum Gasteiger partial charge on any atom is -0.375 e. The van der Waals surface area contributed by atoms with Crippen molar-refractivity contribution in [3.8, 4) is 0 Å². The first-order valence-corrected chi connectivity index (χ1v) is 10.1. The number of hydrogen-bond donors (Lipinski definition) is 1.